The van der Waals surface area contributed by atoms with Crippen LogP contribution in [0.4, 0.5) is 0 Å². The van der Waals surface area contributed by atoms with Crippen molar-refractivity contribution in [2.75, 3.05) is 26.2 Å². The van der Waals surface area contributed by atoms with E-state index in [1.165, 1.54) is 16.7 Å². The van der Waals surface area contributed by atoms with Crippen LogP contribution in [0.3, 0.4) is 0 Å². The molecule has 29 heavy (non-hydrogen) atoms. The summed E-state index contributed by atoms with van der Waals surface area (Å²) in [4.78, 5) is 17.7. The van der Waals surface area contributed by atoms with Crippen LogP contribution in [-0.2, 0) is 17.8 Å². The molecule has 0 atom stereocenters. The molecule has 2 heterocycles. The summed E-state index contributed by atoms with van der Waals surface area (Å²) in [5, 5.41) is 0. The van der Waals surface area contributed by atoms with Gasteiger partial charge in [0.25, 0.3) is 0 Å². The highest BCUT2D eigenvalue weighted by molar-refractivity contribution is 5.79. The van der Waals surface area contributed by atoms with Crippen LogP contribution in [0.2, 0.25) is 0 Å². The molecular formula is C26H34N2O. The predicted octanol–water partition coefficient (Wildman–Crippen LogP) is 4.69. The predicted molar refractivity (Wildman–Crippen MR) is 119 cm³/mol. The standard InChI is InChI=1S/C26H34N2O/c1-21-7-5-6-10-25(21)20-27-15-13-24(14-16-27)26(29)28-17-11-23(12-18-28)19-22-8-3-2-4-9-22/h2-10,23-24H,11-20H2,1H3. The first-order valence-electron chi connectivity index (χ1n) is 11.3. The maximum atomic E-state index is 13.0. The highest BCUT2D eigenvalue weighted by atomic mass is 16.2. The molecule has 0 aromatic heterocycles. The smallest absolute Gasteiger partial charge is 0.225 e. The summed E-state index contributed by atoms with van der Waals surface area (Å²) >= 11 is 0. The van der Waals surface area contributed by atoms with Gasteiger partial charge in [-0.15, -0.1) is 0 Å². The molecule has 2 saturated heterocycles. The van der Waals surface area contributed by atoms with Crippen molar-refractivity contribution in [2.24, 2.45) is 11.8 Å². The van der Waals surface area contributed by atoms with Crippen molar-refractivity contribution in [3.8, 4) is 0 Å². The van der Waals surface area contributed by atoms with Crippen LogP contribution in [0, 0.1) is 18.8 Å². The Bertz CT molecular complexity index is 787. The van der Waals surface area contributed by atoms with Gasteiger partial charge in [-0.05, 0) is 74.7 Å². The lowest BCUT2D eigenvalue weighted by Gasteiger charge is -2.37. The molecule has 2 aromatic carbocycles. The van der Waals surface area contributed by atoms with E-state index < -0.39 is 0 Å². The average molecular weight is 391 g/mol. The van der Waals surface area contributed by atoms with Crippen LogP contribution >= 0.6 is 0 Å². The first kappa shape index (κ1) is 20.2. The van der Waals surface area contributed by atoms with Crippen LogP contribution in [0.1, 0.15) is 42.4 Å². The third-order valence-corrected chi connectivity index (χ3v) is 6.89. The van der Waals surface area contributed by atoms with E-state index in [2.05, 4.69) is 71.3 Å². The van der Waals surface area contributed by atoms with Gasteiger partial charge in [0, 0.05) is 25.6 Å². The number of hydrogen-bond donors (Lipinski definition) is 0. The van der Waals surface area contributed by atoms with Crippen LogP contribution in [0.15, 0.2) is 54.6 Å². The van der Waals surface area contributed by atoms with Gasteiger partial charge >= 0.3 is 0 Å². The lowest BCUT2D eigenvalue weighted by Crippen LogP contribution is -2.45. The second kappa shape index (κ2) is 9.58. The summed E-state index contributed by atoms with van der Waals surface area (Å²) in [6.45, 7) is 7.16. The molecule has 1 amide bonds. The minimum Gasteiger partial charge on any atom is -0.342 e. The van der Waals surface area contributed by atoms with Gasteiger partial charge in [0.05, 0.1) is 0 Å². The molecule has 2 fully saturated rings. The lowest BCUT2D eigenvalue weighted by atomic mass is 9.88. The Morgan fingerprint density at radius 2 is 1.52 bits per heavy atom. The number of nitrogens with zero attached hydrogens (tertiary/aromatic N) is 2. The quantitative estimate of drug-likeness (QED) is 0.739. The van der Waals surface area contributed by atoms with E-state index in [1.807, 2.05) is 0 Å². The molecule has 0 bridgehead atoms. The summed E-state index contributed by atoms with van der Waals surface area (Å²) < 4.78 is 0. The first-order valence-corrected chi connectivity index (χ1v) is 11.3. The Morgan fingerprint density at radius 1 is 0.862 bits per heavy atom. The minimum atomic E-state index is 0.230. The van der Waals surface area contributed by atoms with E-state index >= 15 is 0 Å². The third-order valence-electron chi connectivity index (χ3n) is 6.89. The Balaban J connectivity index is 1.21. The maximum Gasteiger partial charge on any atom is 0.225 e. The Morgan fingerprint density at radius 3 is 2.21 bits per heavy atom. The van der Waals surface area contributed by atoms with E-state index in [4.69, 9.17) is 0 Å². The zero-order valence-corrected chi connectivity index (χ0v) is 17.7. The number of benzene rings is 2. The van der Waals surface area contributed by atoms with E-state index in [9.17, 15) is 4.79 Å². The second-order valence-corrected chi connectivity index (χ2v) is 8.94. The fraction of sp³-hybridized carbons (Fsp3) is 0.500. The van der Waals surface area contributed by atoms with Gasteiger partial charge in [0.1, 0.15) is 0 Å². The molecule has 2 aliphatic heterocycles. The molecule has 2 aromatic rings. The molecule has 3 nitrogen and oxygen atoms in total. The molecule has 154 valence electrons. The summed E-state index contributed by atoms with van der Waals surface area (Å²) in [6, 6.07) is 19.4. The molecule has 0 aliphatic carbocycles. The van der Waals surface area contributed by atoms with Crippen LogP contribution in [-0.4, -0.2) is 41.9 Å². The summed E-state index contributed by atoms with van der Waals surface area (Å²) in [7, 11) is 0. The number of rotatable bonds is 5. The Kier molecular flexibility index (Phi) is 6.66. The van der Waals surface area contributed by atoms with Crippen LogP contribution < -0.4 is 0 Å². The van der Waals surface area contributed by atoms with Gasteiger partial charge in [-0.1, -0.05) is 54.6 Å². The highest BCUT2D eigenvalue weighted by Gasteiger charge is 2.31. The summed E-state index contributed by atoms with van der Waals surface area (Å²) in [6.07, 6.45) is 5.46. The second-order valence-electron chi connectivity index (χ2n) is 8.94. The van der Waals surface area contributed by atoms with E-state index in [-0.39, 0.29) is 5.92 Å². The van der Waals surface area contributed by atoms with Crippen molar-refractivity contribution in [3.05, 3.63) is 71.3 Å². The van der Waals surface area contributed by atoms with Crippen LogP contribution in [0.25, 0.3) is 0 Å². The topological polar surface area (TPSA) is 23.6 Å². The fourth-order valence-corrected chi connectivity index (χ4v) is 4.93. The molecule has 0 saturated carbocycles. The highest BCUT2D eigenvalue weighted by Crippen LogP contribution is 2.26. The van der Waals surface area contributed by atoms with Crippen molar-refractivity contribution >= 4 is 5.91 Å². The molecule has 0 unspecified atom stereocenters. The number of carbonyl (C=O) groups is 1. The van der Waals surface area contributed by atoms with Crippen molar-refractivity contribution in [3.63, 3.8) is 0 Å². The summed E-state index contributed by atoms with van der Waals surface area (Å²) in [5.74, 6) is 1.37. The monoisotopic (exact) mass is 390 g/mol. The Hall–Kier alpha value is -2.13. The van der Waals surface area contributed by atoms with Gasteiger partial charge in [-0.3, -0.25) is 9.69 Å². The lowest BCUT2D eigenvalue weighted by molar-refractivity contribution is -0.138. The van der Waals surface area contributed by atoms with Crippen molar-refractivity contribution in [1.29, 1.82) is 0 Å². The van der Waals surface area contributed by atoms with Crippen molar-refractivity contribution in [2.45, 2.75) is 45.6 Å². The fourth-order valence-electron chi connectivity index (χ4n) is 4.93. The number of piperidine rings is 2. The maximum absolute atomic E-state index is 13.0. The third kappa shape index (κ3) is 5.27. The molecular weight excluding hydrogens is 356 g/mol. The zero-order chi connectivity index (χ0) is 20.1. The average Bonchev–Trinajstić information content (AvgIpc) is 2.77. The first-order chi connectivity index (χ1) is 14.2. The largest absolute Gasteiger partial charge is 0.342 e. The zero-order valence-electron chi connectivity index (χ0n) is 17.7. The SMILES string of the molecule is Cc1ccccc1CN1CCC(C(=O)N2CCC(Cc3ccccc3)CC2)CC1. The molecule has 0 radical (unpaired) electrons. The van der Waals surface area contributed by atoms with Gasteiger partial charge in [0.2, 0.25) is 5.91 Å². The minimum absolute atomic E-state index is 0.230. The normalized spacial score (nSPS) is 19.4. The van der Waals surface area contributed by atoms with Gasteiger partial charge in [0.15, 0.2) is 0 Å². The number of likely N-dealkylation sites (tertiary alicyclic amines) is 2. The molecule has 0 N–H and O–H groups in total. The van der Waals surface area contributed by atoms with E-state index in [0.717, 1.165) is 70.7 Å². The van der Waals surface area contributed by atoms with Gasteiger partial charge in [-0.25, -0.2) is 0 Å². The number of amides is 1. The number of hydrogen-bond acceptors (Lipinski definition) is 2. The van der Waals surface area contributed by atoms with Crippen molar-refractivity contribution < 1.29 is 4.79 Å². The van der Waals surface area contributed by atoms with Gasteiger partial charge < -0.3 is 4.90 Å². The molecule has 3 heteroatoms. The van der Waals surface area contributed by atoms with Crippen LogP contribution in [0.5, 0.6) is 0 Å². The molecule has 4 rings (SSSR count). The molecule has 2 aliphatic rings. The Labute approximate surface area is 175 Å². The van der Waals surface area contributed by atoms with E-state index in [0.29, 0.717) is 5.91 Å². The van der Waals surface area contributed by atoms with Gasteiger partial charge in [-0.2, -0.15) is 0 Å². The number of aryl methyl sites for hydroxylation is 1. The van der Waals surface area contributed by atoms with Crippen molar-refractivity contribution in [1.82, 2.24) is 9.80 Å². The summed E-state index contributed by atoms with van der Waals surface area (Å²) in [5.41, 5.74) is 4.21. The molecule has 0 spiro atoms. The number of carbonyl (C=O) groups excluding carboxylic acids is 1. The van der Waals surface area contributed by atoms with E-state index in [1.54, 1.807) is 0 Å².